The monoisotopic (exact) mass is 706 g/mol. The van der Waals surface area contributed by atoms with E-state index >= 15 is 0 Å². The Balaban J connectivity index is 0.963. The number of aromatic nitrogens is 1. The molecule has 0 bridgehead atoms. The van der Waals surface area contributed by atoms with Crippen molar-refractivity contribution in [3.63, 3.8) is 0 Å². The summed E-state index contributed by atoms with van der Waals surface area (Å²) >= 11 is 0. The molecule has 0 unspecified atom stereocenters. The Bertz CT molecular complexity index is 2650. The first kappa shape index (κ1) is 33.0. The van der Waals surface area contributed by atoms with Crippen LogP contribution in [0.25, 0.3) is 60.9 Å². The largest absolute Gasteiger partial charge is 0.311 e. The van der Waals surface area contributed by atoms with Gasteiger partial charge < -0.3 is 9.47 Å². The molecule has 0 spiro atoms. The molecule has 8 aromatic carbocycles. The summed E-state index contributed by atoms with van der Waals surface area (Å²) in [5.41, 5.74) is 15.8. The number of hydrogen-bond donors (Lipinski definition) is 0. The van der Waals surface area contributed by atoms with E-state index in [2.05, 4.69) is 210 Å². The van der Waals surface area contributed by atoms with Crippen LogP contribution in [-0.4, -0.2) is 4.57 Å². The van der Waals surface area contributed by atoms with Crippen molar-refractivity contribution in [3.05, 3.63) is 206 Å². The molecule has 264 valence electrons. The summed E-state index contributed by atoms with van der Waals surface area (Å²) in [6, 6.07) is 73.2. The standard InChI is InChI=1S/C53H42N2/c1-2-10-38(11-3-1)42-22-30-46(31-23-42)54(47-32-24-43(25-33-47)41-20-18-40(19-21-41)39-12-4-5-13-39)48-34-26-44(27-35-48)45-28-36-49(37-29-45)55-52-16-8-6-14-50(52)51-15-7-9-17-53(51)55/h1-3,6-11,14-37,39H,4-5,12-13H2. The fourth-order valence-electron chi connectivity index (χ4n) is 8.70. The molecule has 2 heteroatoms. The Morgan fingerprint density at radius 3 is 1.16 bits per heavy atom. The number of para-hydroxylation sites is 2. The van der Waals surface area contributed by atoms with E-state index in [9.17, 15) is 0 Å². The van der Waals surface area contributed by atoms with Crippen LogP contribution in [0.2, 0.25) is 0 Å². The van der Waals surface area contributed by atoms with E-state index in [0.717, 1.165) is 28.7 Å². The van der Waals surface area contributed by atoms with E-state index < -0.39 is 0 Å². The molecule has 1 aromatic heterocycles. The third-order valence-electron chi connectivity index (χ3n) is 11.6. The van der Waals surface area contributed by atoms with Crippen molar-refractivity contribution in [2.75, 3.05) is 4.90 Å². The normalized spacial score (nSPS) is 13.1. The summed E-state index contributed by atoms with van der Waals surface area (Å²) < 4.78 is 2.37. The lowest BCUT2D eigenvalue weighted by Crippen LogP contribution is -2.09. The van der Waals surface area contributed by atoms with Crippen molar-refractivity contribution in [1.29, 1.82) is 0 Å². The summed E-state index contributed by atoms with van der Waals surface area (Å²) in [7, 11) is 0. The summed E-state index contributed by atoms with van der Waals surface area (Å²) in [6.45, 7) is 0. The average Bonchev–Trinajstić information content (AvgIpc) is 3.93. The van der Waals surface area contributed by atoms with E-state index in [-0.39, 0.29) is 0 Å². The lowest BCUT2D eigenvalue weighted by Gasteiger charge is -2.26. The Morgan fingerprint density at radius 2 is 0.709 bits per heavy atom. The van der Waals surface area contributed by atoms with Crippen molar-refractivity contribution in [3.8, 4) is 39.1 Å². The minimum absolute atomic E-state index is 0.732. The Morgan fingerprint density at radius 1 is 0.345 bits per heavy atom. The summed E-state index contributed by atoms with van der Waals surface area (Å²) in [6.07, 6.45) is 5.37. The van der Waals surface area contributed by atoms with Gasteiger partial charge in [-0.05, 0) is 118 Å². The van der Waals surface area contributed by atoms with Gasteiger partial charge in [-0.2, -0.15) is 0 Å². The second-order valence-corrected chi connectivity index (χ2v) is 14.9. The predicted octanol–water partition coefficient (Wildman–Crippen LogP) is 14.9. The van der Waals surface area contributed by atoms with Crippen LogP contribution in [0.15, 0.2) is 200 Å². The lowest BCUT2D eigenvalue weighted by molar-refractivity contribution is 0.723. The molecule has 9 aromatic rings. The lowest BCUT2D eigenvalue weighted by atomic mass is 9.95. The van der Waals surface area contributed by atoms with Gasteiger partial charge in [0.1, 0.15) is 0 Å². The molecular weight excluding hydrogens is 665 g/mol. The number of rotatable bonds is 8. The highest BCUT2D eigenvalue weighted by atomic mass is 15.1. The smallest absolute Gasteiger partial charge is 0.0541 e. The molecule has 1 fully saturated rings. The SMILES string of the molecule is c1ccc(-c2ccc(N(c3ccc(-c4ccc(C5CCCC5)cc4)cc3)c3ccc(-c4ccc(-n5c6ccccc6c6ccccc65)cc4)cc3)cc2)cc1. The van der Waals surface area contributed by atoms with Crippen molar-refractivity contribution in [1.82, 2.24) is 4.57 Å². The third-order valence-corrected chi connectivity index (χ3v) is 11.6. The van der Waals surface area contributed by atoms with Gasteiger partial charge in [-0.1, -0.05) is 152 Å². The average molecular weight is 707 g/mol. The van der Waals surface area contributed by atoms with Gasteiger partial charge >= 0.3 is 0 Å². The van der Waals surface area contributed by atoms with Crippen LogP contribution in [-0.2, 0) is 0 Å². The molecule has 55 heavy (non-hydrogen) atoms. The van der Waals surface area contributed by atoms with Crippen LogP contribution in [0.5, 0.6) is 0 Å². The van der Waals surface area contributed by atoms with Gasteiger partial charge in [-0.25, -0.2) is 0 Å². The van der Waals surface area contributed by atoms with Crippen LogP contribution in [0, 0.1) is 0 Å². The number of nitrogens with zero attached hydrogens (tertiary/aromatic N) is 2. The maximum Gasteiger partial charge on any atom is 0.0541 e. The molecule has 1 aliphatic rings. The zero-order valence-electron chi connectivity index (χ0n) is 30.9. The van der Waals surface area contributed by atoms with Gasteiger partial charge in [-0.3, -0.25) is 0 Å². The molecular formula is C53H42N2. The van der Waals surface area contributed by atoms with Gasteiger partial charge in [-0.15, -0.1) is 0 Å². The first-order valence-corrected chi connectivity index (χ1v) is 19.6. The Labute approximate surface area is 323 Å². The molecule has 0 radical (unpaired) electrons. The van der Waals surface area contributed by atoms with Crippen LogP contribution >= 0.6 is 0 Å². The van der Waals surface area contributed by atoms with Gasteiger partial charge in [0, 0.05) is 33.5 Å². The van der Waals surface area contributed by atoms with Crippen LogP contribution in [0.4, 0.5) is 17.1 Å². The molecule has 1 saturated carbocycles. The van der Waals surface area contributed by atoms with Crippen LogP contribution < -0.4 is 4.90 Å². The second kappa shape index (κ2) is 14.3. The minimum atomic E-state index is 0.732. The van der Waals surface area contributed by atoms with Crippen LogP contribution in [0.1, 0.15) is 37.2 Å². The molecule has 1 aliphatic carbocycles. The Kier molecular flexibility index (Phi) is 8.57. The maximum atomic E-state index is 2.37. The van der Waals surface area contributed by atoms with E-state index in [1.165, 1.54) is 86.4 Å². The van der Waals surface area contributed by atoms with Gasteiger partial charge in [0.05, 0.1) is 11.0 Å². The highest BCUT2D eigenvalue weighted by Crippen LogP contribution is 2.39. The minimum Gasteiger partial charge on any atom is -0.311 e. The van der Waals surface area contributed by atoms with E-state index in [0.29, 0.717) is 0 Å². The zero-order valence-corrected chi connectivity index (χ0v) is 30.9. The van der Waals surface area contributed by atoms with Gasteiger partial charge in [0.2, 0.25) is 0 Å². The molecule has 0 aliphatic heterocycles. The van der Waals surface area contributed by atoms with Crippen molar-refractivity contribution in [2.45, 2.75) is 31.6 Å². The Hall–Kier alpha value is -6.64. The second-order valence-electron chi connectivity index (χ2n) is 14.9. The first-order valence-electron chi connectivity index (χ1n) is 19.6. The van der Waals surface area contributed by atoms with E-state index in [1.807, 2.05) is 0 Å². The number of benzene rings is 8. The summed E-state index contributed by atoms with van der Waals surface area (Å²) in [4.78, 5) is 2.36. The fraction of sp³-hybridized carbons (Fsp3) is 0.0943. The zero-order chi connectivity index (χ0) is 36.6. The molecule has 1 heterocycles. The number of anilines is 3. The highest BCUT2D eigenvalue weighted by molar-refractivity contribution is 6.09. The van der Waals surface area contributed by atoms with Gasteiger partial charge in [0.15, 0.2) is 0 Å². The number of fused-ring (bicyclic) bond motifs is 3. The van der Waals surface area contributed by atoms with Crippen LogP contribution in [0.3, 0.4) is 0 Å². The third kappa shape index (κ3) is 6.30. The topological polar surface area (TPSA) is 8.17 Å². The molecule has 0 amide bonds. The van der Waals surface area contributed by atoms with Crippen molar-refractivity contribution >= 4 is 38.9 Å². The van der Waals surface area contributed by atoms with E-state index in [1.54, 1.807) is 0 Å². The fourth-order valence-corrected chi connectivity index (χ4v) is 8.70. The molecule has 0 atom stereocenters. The predicted molar refractivity (Wildman–Crippen MR) is 233 cm³/mol. The molecule has 0 saturated heterocycles. The molecule has 2 nitrogen and oxygen atoms in total. The maximum absolute atomic E-state index is 2.37. The van der Waals surface area contributed by atoms with Crippen molar-refractivity contribution in [2.24, 2.45) is 0 Å². The highest BCUT2D eigenvalue weighted by Gasteiger charge is 2.18. The van der Waals surface area contributed by atoms with Crippen molar-refractivity contribution < 1.29 is 0 Å². The summed E-state index contributed by atoms with van der Waals surface area (Å²) in [5, 5.41) is 2.56. The quantitative estimate of drug-likeness (QED) is 0.153. The molecule has 0 N–H and O–H groups in total. The molecule has 10 rings (SSSR count). The number of hydrogen-bond acceptors (Lipinski definition) is 1. The van der Waals surface area contributed by atoms with Gasteiger partial charge in [0.25, 0.3) is 0 Å². The van der Waals surface area contributed by atoms with E-state index in [4.69, 9.17) is 0 Å². The first-order chi connectivity index (χ1) is 27.3. The summed E-state index contributed by atoms with van der Waals surface area (Å²) in [5.74, 6) is 0.732.